The van der Waals surface area contributed by atoms with E-state index >= 15 is 0 Å². The predicted molar refractivity (Wildman–Crippen MR) is 75.8 cm³/mol. The van der Waals surface area contributed by atoms with E-state index < -0.39 is 11.6 Å². The van der Waals surface area contributed by atoms with Gasteiger partial charge in [0.25, 0.3) is 0 Å². The molecule has 0 heterocycles. The second kappa shape index (κ2) is 6.38. The van der Waals surface area contributed by atoms with E-state index in [4.69, 9.17) is 12.2 Å². The fraction of sp³-hybridized carbons (Fsp3) is 0.0714. The maximum atomic E-state index is 13.4. The van der Waals surface area contributed by atoms with Gasteiger partial charge in [-0.15, -0.1) is 0 Å². The SMILES string of the molecule is Fc1ccc(NC(=S)NCc2ccccc2F)cc1F. The first-order valence-electron chi connectivity index (χ1n) is 5.79. The van der Waals surface area contributed by atoms with Gasteiger partial charge in [0, 0.05) is 23.9 Å². The monoisotopic (exact) mass is 296 g/mol. The molecule has 0 aliphatic carbocycles. The van der Waals surface area contributed by atoms with E-state index in [0.29, 0.717) is 11.3 Å². The minimum absolute atomic E-state index is 0.194. The Bertz CT molecular complexity index is 632. The lowest BCUT2D eigenvalue weighted by Crippen LogP contribution is -2.28. The van der Waals surface area contributed by atoms with Crippen LogP contribution in [-0.2, 0) is 6.54 Å². The van der Waals surface area contributed by atoms with Crippen LogP contribution in [-0.4, -0.2) is 5.11 Å². The lowest BCUT2D eigenvalue weighted by atomic mass is 10.2. The van der Waals surface area contributed by atoms with Crippen LogP contribution in [0.2, 0.25) is 0 Å². The first-order valence-corrected chi connectivity index (χ1v) is 6.20. The number of hydrogen-bond donors (Lipinski definition) is 2. The van der Waals surface area contributed by atoms with Crippen LogP contribution >= 0.6 is 12.2 Å². The topological polar surface area (TPSA) is 24.1 Å². The van der Waals surface area contributed by atoms with Crippen LogP contribution < -0.4 is 10.6 Å². The van der Waals surface area contributed by atoms with Crippen LogP contribution in [0.4, 0.5) is 18.9 Å². The number of nitrogens with one attached hydrogen (secondary N) is 2. The molecule has 20 heavy (non-hydrogen) atoms. The summed E-state index contributed by atoms with van der Waals surface area (Å²) in [4.78, 5) is 0. The molecule has 104 valence electrons. The van der Waals surface area contributed by atoms with Crippen LogP contribution in [0.1, 0.15) is 5.56 Å². The van der Waals surface area contributed by atoms with E-state index in [1.807, 2.05) is 0 Å². The smallest absolute Gasteiger partial charge is 0.171 e. The van der Waals surface area contributed by atoms with Crippen molar-refractivity contribution in [3.05, 3.63) is 65.5 Å². The third kappa shape index (κ3) is 3.71. The quantitative estimate of drug-likeness (QED) is 0.846. The van der Waals surface area contributed by atoms with Crippen molar-refractivity contribution in [2.75, 3.05) is 5.32 Å². The Hall–Kier alpha value is -2.08. The molecule has 0 unspecified atom stereocenters. The van der Waals surface area contributed by atoms with Gasteiger partial charge < -0.3 is 10.6 Å². The highest BCUT2D eigenvalue weighted by Crippen LogP contribution is 2.13. The molecule has 0 atom stereocenters. The first kappa shape index (κ1) is 14.3. The van der Waals surface area contributed by atoms with Crippen molar-refractivity contribution >= 4 is 23.0 Å². The molecule has 0 saturated carbocycles. The normalized spacial score (nSPS) is 10.2. The first-order chi connectivity index (χ1) is 9.56. The Morgan fingerprint density at radius 3 is 2.40 bits per heavy atom. The van der Waals surface area contributed by atoms with Crippen LogP contribution in [0.5, 0.6) is 0 Å². The summed E-state index contributed by atoms with van der Waals surface area (Å²) in [6, 6.07) is 9.63. The van der Waals surface area contributed by atoms with Gasteiger partial charge in [-0.2, -0.15) is 0 Å². The van der Waals surface area contributed by atoms with Crippen LogP contribution in [0.3, 0.4) is 0 Å². The summed E-state index contributed by atoms with van der Waals surface area (Å²) >= 11 is 4.99. The molecule has 0 bridgehead atoms. The van der Waals surface area contributed by atoms with Gasteiger partial charge in [0.2, 0.25) is 0 Å². The Labute approximate surface area is 119 Å². The van der Waals surface area contributed by atoms with Gasteiger partial charge in [-0.3, -0.25) is 0 Å². The van der Waals surface area contributed by atoms with Crippen LogP contribution in [0, 0.1) is 17.5 Å². The highest BCUT2D eigenvalue weighted by Gasteiger charge is 2.05. The number of halogens is 3. The number of rotatable bonds is 3. The molecule has 0 radical (unpaired) electrons. The molecule has 0 amide bonds. The molecule has 0 aliphatic rings. The van der Waals surface area contributed by atoms with Crippen molar-refractivity contribution < 1.29 is 13.2 Å². The molecular weight excluding hydrogens is 285 g/mol. The number of anilines is 1. The summed E-state index contributed by atoms with van der Waals surface area (Å²) in [6.07, 6.45) is 0. The maximum Gasteiger partial charge on any atom is 0.171 e. The van der Waals surface area contributed by atoms with E-state index in [9.17, 15) is 13.2 Å². The number of hydrogen-bond acceptors (Lipinski definition) is 1. The van der Waals surface area contributed by atoms with Crippen molar-refractivity contribution in [1.82, 2.24) is 5.32 Å². The van der Waals surface area contributed by atoms with Crippen molar-refractivity contribution in [3.63, 3.8) is 0 Å². The minimum atomic E-state index is -0.966. The molecule has 2 aromatic carbocycles. The summed E-state index contributed by atoms with van der Waals surface area (Å²) in [5.41, 5.74) is 0.775. The summed E-state index contributed by atoms with van der Waals surface area (Å²) in [7, 11) is 0. The van der Waals surface area contributed by atoms with Crippen molar-refractivity contribution in [2.45, 2.75) is 6.54 Å². The van der Waals surface area contributed by atoms with E-state index in [1.54, 1.807) is 18.2 Å². The summed E-state index contributed by atoms with van der Waals surface area (Å²) in [5, 5.41) is 5.67. The molecule has 2 N–H and O–H groups in total. The van der Waals surface area contributed by atoms with Gasteiger partial charge in [-0.1, -0.05) is 18.2 Å². The Kier molecular flexibility index (Phi) is 4.57. The van der Waals surface area contributed by atoms with E-state index in [-0.39, 0.29) is 17.5 Å². The second-order valence-corrected chi connectivity index (χ2v) is 4.44. The van der Waals surface area contributed by atoms with Gasteiger partial charge in [-0.05, 0) is 30.4 Å². The van der Waals surface area contributed by atoms with Gasteiger partial charge in [0.1, 0.15) is 5.82 Å². The maximum absolute atomic E-state index is 13.4. The molecule has 2 aromatic rings. The third-order valence-electron chi connectivity index (χ3n) is 2.57. The molecule has 0 saturated heterocycles. The summed E-state index contributed by atoms with van der Waals surface area (Å²) in [6.45, 7) is 0.197. The fourth-order valence-electron chi connectivity index (χ4n) is 1.57. The summed E-state index contributed by atoms with van der Waals surface area (Å²) < 4.78 is 39.1. The average Bonchev–Trinajstić information content (AvgIpc) is 2.42. The van der Waals surface area contributed by atoms with E-state index in [0.717, 1.165) is 12.1 Å². The molecule has 0 aliphatic heterocycles. The van der Waals surface area contributed by atoms with Crippen molar-refractivity contribution in [1.29, 1.82) is 0 Å². The molecule has 6 heteroatoms. The molecular formula is C14H11F3N2S. The Morgan fingerprint density at radius 1 is 0.950 bits per heavy atom. The van der Waals surface area contributed by atoms with Crippen molar-refractivity contribution in [2.24, 2.45) is 0 Å². The minimum Gasteiger partial charge on any atom is -0.358 e. The summed E-state index contributed by atoms with van der Waals surface area (Å²) in [5.74, 6) is -2.23. The zero-order valence-corrected chi connectivity index (χ0v) is 11.1. The van der Waals surface area contributed by atoms with Gasteiger partial charge in [0.05, 0.1) is 0 Å². The largest absolute Gasteiger partial charge is 0.358 e. The lowest BCUT2D eigenvalue weighted by molar-refractivity contribution is 0.509. The lowest BCUT2D eigenvalue weighted by Gasteiger charge is -2.11. The predicted octanol–water partition coefficient (Wildman–Crippen LogP) is 3.59. The number of benzene rings is 2. The number of thiocarbonyl (C=S) groups is 1. The third-order valence-corrected chi connectivity index (χ3v) is 2.82. The molecule has 0 fully saturated rings. The highest BCUT2D eigenvalue weighted by atomic mass is 32.1. The average molecular weight is 296 g/mol. The zero-order valence-electron chi connectivity index (χ0n) is 10.3. The van der Waals surface area contributed by atoms with E-state index in [2.05, 4.69) is 10.6 Å². The second-order valence-electron chi connectivity index (χ2n) is 4.03. The molecule has 2 nitrogen and oxygen atoms in total. The zero-order chi connectivity index (χ0) is 14.5. The Balaban J connectivity index is 1.93. The molecule has 0 aromatic heterocycles. The standard InChI is InChI=1S/C14H11F3N2S/c15-11-4-2-1-3-9(11)8-18-14(20)19-10-5-6-12(16)13(17)7-10/h1-7H,8H2,(H2,18,19,20). The molecule has 0 spiro atoms. The van der Waals surface area contributed by atoms with Gasteiger partial charge in [-0.25, -0.2) is 13.2 Å². The van der Waals surface area contributed by atoms with Crippen LogP contribution in [0.25, 0.3) is 0 Å². The molecule has 2 rings (SSSR count). The Morgan fingerprint density at radius 2 is 1.70 bits per heavy atom. The van der Waals surface area contributed by atoms with Crippen molar-refractivity contribution in [3.8, 4) is 0 Å². The van der Waals surface area contributed by atoms with Crippen LogP contribution in [0.15, 0.2) is 42.5 Å². The fourth-order valence-corrected chi connectivity index (χ4v) is 1.76. The van der Waals surface area contributed by atoms with E-state index in [1.165, 1.54) is 12.1 Å². The van der Waals surface area contributed by atoms with Gasteiger partial charge in [0.15, 0.2) is 16.7 Å². The van der Waals surface area contributed by atoms with Gasteiger partial charge >= 0.3 is 0 Å². The highest BCUT2D eigenvalue weighted by molar-refractivity contribution is 7.80.